The van der Waals surface area contributed by atoms with E-state index in [1.165, 1.54) is 16.5 Å². The molecule has 3 rings (SSSR count). The lowest BCUT2D eigenvalue weighted by Gasteiger charge is -2.06. The molecule has 0 radical (unpaired) electrons. The molecule has 0 saturated carbocycles. The van der Waals surface area contributed by atoms with Gasteiger partial charge in [-0.25, -0.2) is 4.63 Å². The standard InChI is InChI=1S/C16H20N4O/c1-11(2)17-8-13-9-20(10-15-12(3)18-21-19-15)16-7-5-4-6-14(13)16/h4-7,9,11,17H,8,10H2,1-3H3. The van der Waals surface area contributed by atoms with Crippen LogP contribution in [0.1, 0.15) is 30.8 Å². The van der Waals surface area contributed by atoms with Gasteiger partial charge in [-0.05, 0) is 18.6 Å². The first-order valence-corrected chi connectivity index (χ1v) is 7.23. The van der Waals surface area contributed by atoms with Crippen molar-refractivity contribution in [3.05, 3.63) is 47.4 Å². The van der Waals surface area contributed by atoms with Crippen LogP contribution in [-0.2, 0) is 13.1 Å². The summed E-state index contributed by atoms with van der Waals surface area (Å²) < 4.78 is 7.00. The van der Waals surface area contributed by atoms with Crippen LogP contribution in [0.15, 0.2) is 35.1 Å². The van der Waals surface area contributed by atoms with Crippen LogP contribution in [0.2, 0.25) is 0 Å². The first kappa shape index (κ1) is 13.8. The monoisotopic (exact) mass is 284 g/mol. The highest BCUT2D eigenvalue weighted by Crippen LogP contribution is 2.22. The molecule has 0 aliphatic rings. The highest BCUT2D eigenvalue weighted by Gasteiger charge is 2.11. The molecule has 1 aromatic carbocycles. The van der Waals surface area contributed by atoms with E-state index < -0.39 is 0 Å². The Bertz CT molecular complexity index is 742. The molecule has 2 aromatic heterocycles. The van der Waals surface area contributed by atoms with Crippen LogP contribution in [0.5, 0.6) is 0 Å². The fourth-order valence-electron chi connectivity index (χ4n) is 2.46. The summed E-state index contributed by atoms with van der Waals surface area (Å²) in [6.45, 7) is 7.77. The number of aryl methyl sites for hydroxylation is 1. The average molecular weight is 284 g/mol. The van der Waals surface area contributed by atoms with Gasteiger partial charge >= 0.3 is 0 Å². The summed E-state index contributed by atoms with van der Waals surface area (Å²) in [4.78, 5) is 0. The number of benzene rings is 1. The first-order valence-electron chi connectivity index (χ1n) is 7.23. The normalized spacial score (nSPS) is 11.6. The van der Waals surface area contributed by atoms with Crippen LogP contribution >= 0.6 is 0 Å². The molecule has 2 heterocycles. The molecule has 1 N–H and O–H groups in total. The van der Waals surface area contributed by atoms with Gasteiger partial charge in [0, 0.05) is 29.7 Å². The van der Waals surface area contributed by atoms with Gasteiger partial charge in [-0.2, -0.15) is 0 Å². The van der Waals surface area contributed by atoms with Crippen LogP contribution in [0.3, 0.4) is 0 Å². The maximum atomic E-state index is 4.79. The SMILES string of the molecule is Cc1nonc1Cn1cc(CNC(C)C)c2ccccc21. The van der Waals surface area contributed by atoms with Crippen LogP contribution in [0.25, 0.3) is 10.9 Å². The smallest absolute Gasteiger partial charge is 0.127 e. The van der Waals surface area contributed by atoms with Crippen molar-refractivity contribution in [3.63, 3.8) is 0 Å². The highest BCUT2D eigenvalue weighted by atomic mass is 16.6. The molecular weight excluding hydrogens is 264 g/mol. The van der Waals surface area contributed by atoms with Gasteiger partial charge in [-0.15, -0.1) is 0 Å². The Balaban J connectivity index is 1.96. The third-order valence-electron chi connectivity index (χ3n) is 3.64. The van der Waals surface area contributed by atoms with E-state index in [1.54, 1.807) is 0 Å². The third-order valence-corrected chi connectivity index (χ3v) is 3.64. The molecule has 0 unspecified atom stereocenters. The minimum atomic E-state index is 0.467. The minimum absolute atomic E-state index is 0.467. The Morgan fingerprint density at radius 2 is 2.05 bits per heavy atom. The zero-order valence-electron chi connectivity index (χ0n) is 12.6. The van der Waals surface area contributed by atoms with E-state index in [-0.39, 0.29) is 0 Å². The summed E-state index contributed by atoms with van der Waals surface area (Å²) in [5.74, 6) is 0. The number of hydrogen-bond donors (Lipinski definition) is 1. The number of para-hydroxylation sites is 1. The minimum Gasteiger partial charge on any atom is -0.341 e. The van der Waals surface area contributed by atoms with Gasteiger partial charge < -0.3 is 9.88 Å². The molecule has 5 heteroatoms. The van der Waals surface area contributed by atoms with Gasteiger partial charge in [-0.1, -0.05) is 42.4 Å². The lowest BCUT2D eigenvalue weighted by atomic mass is 10.1. The Hall–Kier alpha value is -2.14. The second-order valence-corrected chi connectivity index (χ2v) is 5.63. The van der Waals surface area contributed by atoms with Crippen molar-refractivity contribution in [2.75, 3.05) is 0 Å². The summed E-state index contributed by atoms with van der Waals surface area (Å²) in [6.07, 6.45) is 2.19. The lowest BCUT2D eigenvalue weighted by molar-refractivity contribution is 0.300. The number of nitrogens with one attached hydrogen (secondary N) is 1. The second-order valence-electron chi connectivity index (χ2n) is 5.63. The van der Waals surface area contributed by atoms with Gasteiger partial charge in [0.15, 0.2) is 0 Å². The van der Waals surface area contributed by atoms with E-state index >= 15 is 0 Å². The van der Waals surface area contributed by atoms with E-state index in [1.807, 2.05) is 6.92 Å². The largest absolute Gasteiger partial charge is 0.341 e. The Labute approximate surface area is 123 Å². The fourth-order valence-corrected chi connectivity index (χ4v) is 2.46. The molecule has 0 saturated heterocycles. The van der Waals surface area contributed by atoms with Gasteiger partial charge in [-0.3, -0.25) is 0 Å². The maximum Gasteiger partial charge on any atom is 0.127 e. The van der Waals surface area contributed by atoms with Crippen molar-refractivity contribution in [2.45, 2.75) is 39.9 Å². The Morgan fingerprint density at radius 1 is 1.24 bits per heavy atom. The van der Waals surface area contributed by atoms with Gasteiger partial charge in [0.2, 0.25) is 0 Å². The predicted octanol–water partition coefficient (Wildman–Crippen LogP) is 2.88. The van der Waals surface area contributed by atoms with Crippen LogP contribution in [0.4, 0.5) is 0 Å². The van der Waals surface area contributed by atoms with Gasteiger partial charge in [0.1, 0.15) is 11.4 Å². The fraction of sp³-hybridized carbons (Fsp3) is 0.375. The molecular formula is C16H20N4O. The summed E-state index contributed by atoms with van der Waals surface area (Å²) in [5, 5.41) is 12.6. The summed E-state index contributed by atoms with van der Waals surface area (Å²) in [6, 6.07) is 8.91. The summed E-state index contributed by atoms with van der Waals surface area (Å²) >= 11 is 0. The van der Waals surface area contributed by atoms with E-state index in [0.29, 0.717) is 12.6 Å². The van der Waals surface area contributed by atoms with Gasteiger partial charge in [0.25, 0.3) is 0 Å². The van der Waals surface area contributed by atoms with Crippen molar-refractivity contribution >= 4 is 10.9 Å². The quantitative estimate of drug-likeness (QED) is 0.782. The van der Waals surface area contributed by atoms with Crippen LogP contribution < -0.4 is 5.32 Å². The van der Waals surface area contributed by atoms with E-state index in [0.717, 1.165) is 17.9 Å². The predicted molar refractivity (Wildman–Crippen MR) is 82.1 cm³/mol. The molecule has 0 aliphatic carbocycles. The number of rotatable bonds is 5. The van der Waals surface area contributed by atoms with E-state index in [2.05, 4.69) is 64.5 Å². The molecule has 0 aliphatic heterocycles. The van der Waals surface area contributed by atoms with Gasteiger partial charge in [0.05, 0.1) is 6.54 Å². The van der Waals surface area contributed by atoms with Crippen LogP contribution in [0, 0.1) is 6.92 Å². The Kier molecular flexibility index (Phi) is 3.75. The van der Waals surface area contributed by atoms with Crippen molar-refractivity contribution in [3.8, 4) is 0 Å². The van der Waals surface area contributed by atoms with Crippen LogP contribution in [-0.4, -0.2) is 20.9 Å². The van der Waals surface area contributed by atoms with Crippen molar-refractivity contribution in [1.82, 2.24) is 20.2 Å². The second kappa shape index (κ2) is 5.69. The molecule has 3 aromatic rings. The number of aromatic nitrogens is 3. The molecule has 5 nitrogen and oxygen atoms in total. The number of fused-ring (bicyclic) bond motifs is 1. The molecule has 0 fully saturated rings. The Morgan fingerprint density at radius 3 is 2.76 bits per heavy atom. The van der Waals surface area contributed by atoms with Crippen molar-refractivity contribution < 1.29 is 4.63 Å². The highest BCUT2D eigenvalue weighted by molar-refractivity contribution is 5.84. The van der Waals surface area contributed by atoms with E-state index in [4.69, 9.17) is 4.63 Å². The van der Waals surface area contributed by atoms with Crippen molar-refractivity contribution in [2.24, 2.45) is 0 Å². The third kappa shape index (κ3) is 2.83. The molecule has 0 atom stereocenters. The molecule has 0 spiro atoms. The molecule has 21 heavy (non-hydrogen) atoms. The maximum absolute atomic E-state index is 4.79. The molecule has 0 amide bonds. The number of nitrogens with zero attached hydrogens (tertiary/aromatic N) is 3. The summed E-state index contributed by atoms with van der Waals surface area (Å²) in [7, 11) is 0. The van der Waals surface area contributed by atoms with E-state index in [9.17, 15) is 0 Å². The summed E-state index contributed by atoms with van der Waals surface area (Å²) in [5.41, 5.74) is 4.22. The average Bonchev–Trinajstić information content (AvgIpc) is 3.02. The number of hydrogen-bond acceptors (Lipinski definition) is 4. The molecule has 0 bridgehead atoms. The zero-order valence-corrected chi connectivity index (χ0v) is 12.6. The molecule has 110 valence electrons. The lowest BCUT2D eigenvalue weighted by Crippen LogP contribution is -2.21. The topological polar surface area (TPSA) is 55.9 Å². The van der Waals surface area contributed by atoms with Crippen molar-refractivity contribution in [1.29, 1.82) is 0 Å². The zero-order chi connectivity index (χ0) is 14.8. The first-order chi connectivity index (χ1) is 10.1.